The molecule has 0 atom stereocenters. The minimum atomic E-state index is -0.371. The Morgan fingerprint density at radius 3 is 2.38 bits per heavy atom. The number of furan rings is 1. The Balaban J connectivity index is 1.37. The van der Waals surface area contributed by atoms with Crippen molar-refractivity contribution in [1.82, 2.24) is 10.1 Å². The molecule has 0 bridgehead atoms. The van der Waals surface area contributed by atoms with Gasteiger partial charge in [0.15, 0.2) is 17.4 Å². The van der Waals surface area contributed by atoms with Crippen molar-refractivity contribution >= 4 is 22.5 Å². The molecule has 6 rings (SSSR count). The zero-order valence-electron chi connectivity index (χ0n) is 22.7. The first kappa shape index (κ1) is 25.9. The van der Waals surface area contributed by atoms with Gasteiger partial charge < -0.3 is 8.94 Å². The first-order valence-electron chi connectivity index (χ1n) is 13.6. The molecule has 0 amide bonds. The number of Topliss-reactive ketones (excluding diaryl/α,β-unsaturated/α-hetero) is 2. The number of benzene rings is 3. The first-order chi connectivity index (χ1) is 19.3. The number of hydrogen-bond acceptors (Lipinski definition) is 6. The Hall–Kier alpha value is -4.39. The smallest absolute Gasteiger partial charge is 0.233 e. The topological polar surface area (TPSA) is 86.2 Å². The highest BCUT2D eigenvalue weighted by atomic mass is 19.1. The lowest BCUT2D eigenvalue weighted by atomic mass is 9.91. The summed E-state index contributed by atoms with van der Waals surface area (Å²) >= 11 is 0. The molecule has 0 radical (unpaired) electrons. The number of fused-ring (bicyclic) bond motifs is 1. The lowest BCUT2D eigenvalue weighted by Crippen LogP contribution is -2.14. The summed E-state index contributed by atoms with van der Waals surface area (Å²) < 4.78 is 25.2. The Kier molecular flexibility index (Phi) is 6.45. The van der Waals surface area contributed by atoms with Crippen LogP contribution in [-0.2, 0) is 11.8 Å². The van der Waals surface area contributed by atoms with Crippen molar-refractivity contribution in [3.63, 3.8) is 0 Å². The van der Waals surface area contributed by atoms with Crippen LogP contribution < -0.4 is 0 Å². The van der Waals surface area contributed by atoms with Gasteiger partial charge in [-0.2, -0.15) is 4.98 Å². The fourth-order valence-electron chi connectivity index (χ4n) is 5.27. The van der Waals surface area contributed by atoms with Crippen molar-refractivity contribution in [2.45, 2.75) is 58.3 Å². The molecule has 40 heavy (non-hydrogen) atoms. The molecule has 6 nitrogen and oxygen atoms in total. The standard InChI is InChI=1S/C33H29FN2O4/c1-4-26(37)30-25-16-21(10-13-28(25)39-31(30)20-8-11-23(34)12-9-20)24-17-22(7-6-19(24)3)27(38)18-33(14-15-33)32-35-29(5-2)36-40-32/h6-13,16-17H,4-5,14-15,18H2,1-3H3. The predicted octanol–water partition coefficient (Wildman–Crippen LogP) is 8.06. The predicted molar refractivity (Wildman–Crippen MR) is 150 cm³/mol. The zero-order chi connectivity index (χ0) is 28.0. The molecule has 0 spiro atoms. The van der Waals surface area contributed by atoms with Crippen LogP contribution in [0.25, 0.3) is 33.4 Å². The molecular formula is C33H29FN2O4. The van der Waals surface area contributed by atoms with Crippen LogP contribution in [0.4, 0.5) is 4.39 Å². The van der Waals surface area contributed by atoms with E-state index >= 15 is 0 Å². The average Bonchev–Trinajstić information content (AvgIpc) is 3.40. The number of hydrogen-bond donors (Lipinski definition) is 0. The molecule has 2 heterocycles. The van der Waals surface area contributed by atoms with Gasteiger partial charge in [0.05, 0.1) is 11.0 Å². The second-order valence-electron chi connectivity index (χ2n) is 10.6. The summed E-state index contributed by atoms with van der Waals surface area (Å²) in [6.07, 6.45) is 3.01. The van der Waals surface area contributed by atoms with Gasteiger partial charge in [-0.25, -0.2) is 4.39 Å². The Bertz CT molecular complexity index is 1760. The van der Waals surface area contributed by atoms with Crippen molar-refractivity contribution in [3.8, 4) is 22.5 Å². The third-order valence-electron chi connectivity index (χ3n) is 7.86. The van der Waals surface area contributed by atoms with Crippen LogP contribution in [0.3, 0.4) is 0 Å². The molecular weight excluding hydrogens is 507 g/mol. The van der Waals surface area contributed by atoms with E-state index in [2.05, 4.69) is 10.1 Å². The Labute approximate surface area is 231 Å². The minimum absolute atomic E-state index is 0.0276. The third-order valence-corrected chi connectivity index (χ3v) is 7.86. The SMILES string of the molecule is CCC(=O)c1c(-c2ccc(F)cc2)oc2ccc(-c3cc(C(=O)CC4(c5nc(CC)no5)CC4)ccc3C)cc12. The summed E-state index contributed by atoms with van der Waals surface area (Å²) in [5, 5.41) is 4.71. The van der Waals surface area contributed by atoms with E-state index in [-0.39, 0.29) is 22.8 Å². The van der Waals surface area contributed by atoms with Gasteiger partial charge in [-0.3, -0.25) is 9.59 Å². The van der Waals surface area contributed by atoms with Crippen LogP contribution in [0.1, 0.15) is 77.5 Å². The van der Waals surface area contributed by atoms with E-state index in [0.29, 0.717) is 64.4 Å². The molecule has 2 aromatic heterocycles. The normalized spacial score (nSPS) is 14.0. The zero-order valence-corrected chi connectivity index (χ0v) is 22.7. The third kappa shape index (κ3) is 4.55. The Morgan fingerprint density at radius 2 is 1.70 bits per heavy atom. The van der Waals surface area contributed by atoms with E-state index in [0.717, 1.165) is 29.5 Å². The number of carbonyl (C=O) groups is 2. The van der Waals surface area contributed by atoms with Gasteiger partial charge in [0.1, 0.15) is 17.2 Å². The second-order valence-corrected chi connectivity index (χ2v) is 10.6. The highest BCUT2D eigenvalue weighted by Crippen LogP contribution is 2.51. The van der Waals surface area contributed by atoms with Gasteiger partial charge in [0.25, 0.3) is 0 Å². The van der Waals surface area contributed by atoms with Gasteiger partial charge in [-0.1, -0.05) is 37.2 Å². The molecule has 0 aliphatic heterocycles. The van der Waals surface area contributed by atoms with Gasteiger partial charge in [0, 0.05) is 35.8 Å². The van der Waals surface area contributed by atoms with Crippen LogP contribution in [0.15, 0.2) is 69.6 Å². The number of aromatic nitrogens is 2. The lowest BCUT2D eigenvalue weighted by molar-refractivity contribution is 0.0961. The number of halogens is 1. The van der Waals surface area contributed by atoms with Crippen molar-refractivity contribution < 1.29 is 22.9 Å². The van der Waals surface area contributed by atoms with Crippen LogP contribution >= 0.6 is 0 Å². The summed E-state index contributed by atoms with van der Waals surface area (Å²) in [7, 11) is 0. The summed E-state index contributed by atoms with van der Waals surface area (Å²) in [5.74, 6) is 1.26. The number of aryl methyl sites for hydroxylation is 2. The first-order valence-corrected chi connectivity index (χ1v) is 13.6. The molecule has 202 valence electrons. The monoisotopic (exact) mass is 536 g/mol. The van der Waals surface area contributed by atoms with Crippen molar-refractivity contribution in [2.24, 2.45) is 0 Å². The maximum absolute atomic E-state index is 13.6. The lowest BCUT2D eigenvalue weighted by Gasteiger charge is -2.12. The molecule has 3 aromatic carbocycles. The highest BCUT2D eigenvalue weighted by Gasteiger charge is 2.50. The van der Waals surface area contributed by atoms with Gasteiger partial charge in [0.2, 0.25) is 5.89 Å². The maximum atomic E-state index is 13.6. The van der Waals surface area contributed by atoms with E-state index in [1.165, 1.54) is 12.1 Å². The van der Waals surface area contributed by atoms with Crippen LogP contribution in [0, 0.1) is 12.7 Å². The minimum Gasteiger partial charge on any atom is -0.455 e. The maximum Gasteiger partial charge on any atom is 0.233 e. The van der Waals surface area contributed by atoms with Crippen LogP contribution in [-0.4, -0.2) is 21.7 Å². The molecule has 1 saturated carbocycles. The van der Waals surface area contributed by atoms with E-state index in [1.807, 2.05) is 57.2 Å². The van der Waals surface area contributed by atoms with Gasteiger partial charge >= 0.3 is 0 Å². The highest BCUT2D eigenvalue weighted by molar-refractivity contribution is 6.12. The quantitative estimate of drug-likeness (QED) is 0.177. The number of carbonyl (C=O) groups excluding carboxylic acids is 2. The molecule has 1 aliphatic rings. The average molecular weight is 537 g/mol. The molecule has 1 aliphatic carbocycles. The number of rotatable bonds is 9. The fourth-order valence-corrected chi connectivity index (χ4v) is 5.27. The second kappa shape index (κ2) is 9.97. The molecule has 7 heteroatoms. The largest absolute Gasteiger partial charge is 0.455 e. The van der Waals surface area contributed by atoms with Crippen molar-refractivity contribution in [2.75, 3.05) is 0 Å². The van der Waals surface area contributed by atoms with Gasteiger partial charge in [-0.05, 0) is 78.9 Å². The Morgan fingerprint density at radius 1 is 0.950 bits per heavy atom. The summed E-state index contributed by atoms with van der Waals surface area (Å²) in [6, 6.07) is 17.4. The molecule has 1 fully saturated rings. The molecule has 0 unspecified atom stereocenters. The fraction of sp³-hybridized carbons (Fsp3) is 0.273. The summed E-state index contributed by atoms with van der Waals surface area (Å²) in [4.78, 5) is 31.0. The number of ketones is 2. The molecule has 0 N–H and O–H groups in total. The number of nitrogens with zero attached hydrogens (tertiary/aromatic N) is 2. The van der Waals surface area contributed by atoms with E-state index in [4.69, 9.17) is 8.94 Å². The van der Waals surface area contributed by atoms with Gasteiger partial charge in [-0.15, -0.1) is 0 Å². The summed E-state index contributed by atoms with van der Waals surface area (Å²) in [6.45, 7) is 5.78. The molecule has 5 aromatic rings. The van der Waals surface area contributed by atoms with E-state index in [1.54, 1.807) is 12.1 Å². The van der Waals surface area contributed by atoms with Crippen molar-refractivity contribution in [3.05, 3.63) is 94.9 Å². The summed E-state index contributed by atoms with van der Waals surface area (Å²) in [5.41, 5.74) is 4.73. The van der Waals surface area contributed by atoms with Crippen molar-refractivity contribution in [1.29, 1.82) is 0 Å². The molecule has 0 saturated heterocycles. The van der Waals surface area contributed by atoms with Crippen LogP contribution in [0.2, 0.25) is 0 Å². The van der Waals surface area contributed by atoms with Crippen LogP contribution in [0.5, 0.6) is 0 Å². The van der Waals surface area contributed by atoms with E-state index in [9.17, 15) is 14.0 Å². The van der Waals surface area contributed by atoms with E-state index < -0.39 is 0 Å².